The second kappa shape index (κ2) is 7.17. The van der Waals surface area contributed by atoms with Crippen LogP contribution in [0.4, 0.5) is 0 Å². The monoisotopic (exact) mass is 249 g/mol. The Morgan fingerprint density at radius 3 is 2.33 bits per heavy atom. The van der Waals surface area contributed by atoms with Gasteiger partial charge in [-0.15, -0.1) is 0 Å². The highest BCUT2D eigenvalue weighted by molar-refractivity contribution is 5.77. The first-order valence-corrected chi connectivity index (χ1v) is 6.52. The van der Waals surface area contributed by atoms with Crippen LogP contribution in [0.15, 0.2) is 30.3 Å². The molecule has 1 rings (SSSR count). The zero-order chi connectivity index (χ0) is 13.5. The lowest BCUT2D eigenvalue weighted by Gasteiger charge is -2.20. The lowest BCUT2D eigenvalue weighted by atomic mass is 9.89. The number of nitrogens with two attached hydrogens (primary N) is 1. The summed E-state index contributed by atoms with van der Waals surface area (Å²) in [6.07, 6.45) is 1.39. The lowest BCUT2D eigenvalue weighted by molar-refractivity contribution is -0.125. The van der Waals surface area contributed by atoms with Crippen LogP contribution < -0.4 is 5.73 Å². The van der Waals surface area contributed by atoms with E-state index in [0.29, 0.717) is 18.8 Å². The first-order valence-electron chi connectivity index (χ1n) is 6.52. The van der Waals surface area contributed by atoms with Crippen molar-refractivity contribution in [3.63, 3.8) is 0 Å². The second-order valence-electron chi connectivity index (χ2n) is 5.24. The summed E-state index contributed by atoms with van der Waals surface area (Å²) >= 11 is 0. The molecule has 3 nitrogen and oxygen atoms in total. The van der Waals surface area contributed by atoms with Gasteiger partial charge < -0.3 is 10.8 Å². The molecule has 0 spiro atoms. The molecule has 0 radical (unpaired) electrons. The fourth-order valence-electron chi connectivity index (χ4n) is 2.00. The van der Waals surface area contributed by atoms with Gasteiger partial charge in [0.25, 0.3) is 0 Å². The Bertz CT molecular complexity index is 362. The number of amides is 1. The van der Waals surface area contributed by atoms with Crippen LogP contribution in [-0.4, -0.2) is 17.1 Å². The second-order valence-corrected chi connectivity index (χ2v) is 5.24. The summed E-state index contributed by atoms with van der Waals surface area (Å²) in [7, 11) is 0. The third kappa shape index (κ3) is 4.88. The van der Waals surface area contributed by atoms with E-state index in [1.165, 1.54) is 0 Å². The molecule has 0 aliphatic heterocycles. The number of carbonyl (C=O) groups is 1. The van der Waals surface area contributed by atoms with Gasteiger partial charge in [0.1, 0.15) is 0 Å². The first kappa shape index (κ1) is 14.7. The summed E-state index contributed by atoms with van der Waals surface area (Å²) in [5, 5.41) is 10.1. The van der Waals surface area contributed by atoms with E-state index in [0.717, 1.165) is 12.0 Å². The molecule has 1 amide bonds. The van der Waals surface area contributed by atoms with E-state index in [2.05, 4.69) is 13.8 Å². The summed E-state index contributed by atoms with van der Waals surface area (Å²) in [6, 6.07) is 9.68. The highest BCUT2D eigenvalue weighted by atomic mass is 16.3. The Balaban J connectivity index is 2.62. The number of aliphatic hydroxyl groups excluding tert-OH is 1. The Hall–Kier alpha value is -1.35. The normalized spacial score (nSPS) is 14.4. The number of aliphatic hydroxyl groups is 1. The van der Waals surface area contributed by atoms with Gasteiger partial charge in [0.15, 0.2) is 0 Å². The molecule has 0 aliphatic carbocycles. The summed E-state index contributed by atoms with van der Waals surface area (Å²) in [4.78, 5) is 11.5. The molecular formula is C15H23NO2. The van der Waals surface area contributed by atoms with Crippen molar-refractivity contribution in [2.45, 2.75) is 39.2 Å². The highest BCUT2D eigenvalue weighted by Crippen LogP contribution is 2.18. The van der Waals surface area contributed by atoms with E-state index in [1.54, 1.807) is 0 Å². The smallest absolute Gasteiger partial charge is 0.223 e. The van der Waals surface area contributed by atoms with Gasteiger partial charge in [0.2, 0.25) is 5.91 Å². The van der Waals surface area contributed by atoms with E-state index in [9.17, 15) is 9.90 Å². The Kier molecular flexibility index (Phi) is 5.86. The van der Waals surface area contributed by atoms with Crippen LogP contribution in [0.3, 0.4) is 0 Å². The third-order valence-electron chi connectivity index (χ3n) is 3.17. The molecule has 0 aliphatic rings. The fourth-order valence-corrected chi connectivity index (χ4v) is 2.00. The van der Waals surface area contributed by atoms with Gasteiger partial charge in [-0.25, -0.2) is 0 Å². The van der Waals surface area contributed by atoms with Crippen LogP contribution in [0, 0.1) is 11.8 Å². The van der Waals surface area contributed by atoms with Gasteiger partial charge in [-0.3, -0.25) is 4.79 Å². The molecule has 0 bridgehead atoms. The fraction of sp³-hybridized carbons (Fsp3) is 0.533. The molecule has 3 N–H and O–H groups in total. The summed E-state index contributed by atoms with van der Waals surface area (Å²) < 4.78 is 0. The minimum absolute atomic E-state index is 0.421. The first-order chi connectivity index (χ1) is 8.50. The summed E-state index contributed by atoms with van der Waals surface area (Å²) in [5.41, 5.74) is 6.43. The van der Waals surface area contributed by atoms with Gasteiger partial charge >= 0.3 is 0 Å². The predicted molar refractivity (Wildman–Crippen MR) is 72.9 cm³/mol. The van der Waals surface area contributed by atoms with Gasteiger partial charge in [-0.2, -0.15) is 0 Å². The van der Waals surface area contributed by atoms with Crippen LogP contribution in [0.2, 0.25) is 0 Å². The molecule has 18 heavy (non-hydrogen) atoms. The molecule has 100 valence electrons. The molecule has 0 heterocycles. The maximum Gasteiger partial charge on any atom is 0.223 e. The van der Waals surface area contributed by atoms with Gasteiger partial charge in [0, 0.05) is 0 Å². The van der Waals surface area contributed by atoms with Crippen LogP contribution in [0.1, 0.15) is 32.3 Å². The highest BCUT2D eigenvalue weighted by Gasteiger charge is 2.24. The lowest BCUT2D eigenvalue weighted by Crippen LogP contribution is -2.35. The van der Waals surface area contributed by atoms with Gasteiger partial charge in [-0.1, -0.05) is 44.2 Å². The van der Waals surface area contributed by atoms with Gasteiger partial charge in [0.05, 0.1) is 12.0 Å². The van der Waals surface area contributed by atoms with Crippen molar-refractivity contribution < 1.29 is 9.90 Å². The van der Waals surface area contributed by atoms with Crippen molar-refractivity contribution in [2.24, 2.45) is 17.6 Å². The largest absolute Gasteiger partial charge is 0.392 e. The average Bonchev–Trinajstić information content (AvgIpc) is 2.34. The van der Waals surface area contributed by atoms with Crippen molar-refractivity contribution in [2.75, 3.05) is 0 Å². The standard InChI is InChI=1S/C15H23NO2/c1-11(2)8-9-14(17)13(15(16)18)10-12-6-4-3-5-7-12/h3-7,11,13-14,17H,8-10H2,1-2H3,(H2,16,18). The molecule has 0 saturated carbocycles. The average molecular weight is 249 g/mol. The number of hydrogen-bond donors (Lipinski definition) is 2. The predicted octanol–water partition coefficient (Wildman–Crippen LogP) is 2.13. The maximum atomic E-state index is 11.5. The SMILES string of the molecule is CC(C)CCC(O)C(Cc1ccccc1)C(N)=O. The number of rotatable bonds is 7. The summed E-state index contributed by atoms with van der Waals surface area (Å²) in [6.45, 7) is 4.20. The molecule has 0 saturated heterocycles. The van der Waals surface area contributed by atoms with E-state index in [4.69, 9.17) is 5.73 Å². The van der Waals surface area contributed by atoms with E-state index < -0.39 is 17.9 Å². The molecule has 1 aromatic rings. The van der Waals surface area contributed by atoms with Crippen molar-refractivity contribution >= 4 is 5.91 Å². The van der Waals surface area contributed by atoms with Crippen molar-refractivity contribution in [1.29, 1.82) is 0 Å². The summed E-state index contributed by atoms with van der Waals surface area (Å²) in [5.74, 6) is -0.397. The number of carbonyl (C=O) groups excluding carboxylic acids is 1. The van der Waals surface area contributed by atoms with E-state index >= 15 is 0 Å². The quantitative estimate of drug-likeness (QED) is 0.777. The number of hydrogen-bond acceptors (Lipinski definition) is 2. The zero-order valence-electron chi connectivity index (χ0n) is 11.2. The third-order valence-corrected chi connectivity index (χ3v) is 3.17. The Labute approximate surface area is 109 Å². The van der Waals surface area contributed by atoms with Crippen LogP contribution in [0.5, 0.6) is 0 Å². The van der Waals surface area contributed by atoms with Crippen LogP contribution in [0.25, 0.3) is 0 Å². The van der Waals surface area contributed by atoms with E-state index in [-0.39, 0.29) is 0 Å². The zero-order valence-corrected chi connectivity index (χ0v) is 11.2. The molecule has 2 unspecified atom stereocenters. The Morgan fingerprint density at radius 1 is 1.22 bits per heavy atom. The topological polar surface area (TPSA) is 63.3 Å². The van der Waals surface area contributed by atoms with Gasteiger partial charge in [-0.05, 0) is 30.7 Å². The minimum Gasteiger partial charge on any atom is -0.392 e. The minimum atomic E-state index is -0.648. The van der Waals surface area contributed by atoms with Crippen LogP contribution >= 0.6 is 0 Å². The molecule has 3 heteroatoms. The molecule has 0 aromatic heterocycles. The van der Waals surface area contributed by atoms with Crippen molar-refractivity contribution in [3.05, 3.63) is 35.9 Å². The molecule has 0 fully saturated rings. The van der Waals surface area contributed by atoms with Crippen molar-refractivity contribution in [3.8, 4) is 0 Å². The maximum absolute atomic E-state index is 11.5. The number of primary amides is 1. The van der Waals surface area contributed by atoms with Crippen LogP contribution in [-0.2, 0) is 11.2 Å². The van der Waals surface area contributed by atoms with Crippen molar-refractivity contribution in [1.82, 2.24) is 0 Å². The number of benzene rings is 1. The van der Waals surface area contributed by atoms with E-state index in [1.807, 2.05) is 30.3 Å². The molecule has 1 aromatic carbocycles. The Morgan fingerprint density at radius 2 is 1.83 bits per heavy atom. The molecule has 2 atom stereocenters. The molecular weight excluding hydrogens is 226 g/mol.